The molecule has 0 aliphatic heterocycles. The molecule has 0 saturated carbocycles. The second kappa shape index (κ2) is 7.41. The highest BCUT2D eigenvalue weighted by molar-refractivity contribution is 9.10. The summed E-state index contributed by atoms with van der Waals surface area (Å²) in [5.41, 5.74) is 8.65. The summed E-state index contributed by atoms with van der Waals surface area (Å²) in [5.74, 6) is 0. The summed E-state index contributed by atoms with van der Waals surface area (Å²) in [6, 6.07) is 6.82. The maximum absolute atomic E-state index is 5.76. The molecule has 0 radical (unpaired) electrons. The normalized spacial score (nSPS) is 13.6. The van der Waals surface area contributed by atoms with Crippen molar-refractivity contribution in [1.82, 2.24) is 5.32 Å². The van der Waals surface area contributed by atoms with Crippen molar-refractivity contribution in [3.63, 3.8) is 0 Å². The fourth-order valence-corrected chi connectivity index (χ4v) is 2.73. The molecule has 0 aromatic heterocycles. The minimum atomic E-state index is 0.141. The first-order valence-corrected chi connectivity index (χ1v) is 7.85. The summed E-state index contributed by atoms with van der Waals surface area (Å²) >= 11 is 3.56. The van der Waals surface area contributed by atoms with E-state index in [1.54, 1.807) is 0 Å². The number of nitrogens with one attached hydrogen (secondary N) is 1. The van der Waals surface area contributed by atoms with Gasteiger partial charge in [0, 0.05) is 22.5 Å². The lowest BCUT2D eigenvalue weighted by atomic mass is 9.82. The van der Waals surface area contributed by atoms with Crippen LogP contribution in [0.2, 0.25) is 0 Å². The highest BCUT2D eigenvalue weighted by atomic mass is 79.9. The van der Waals surface area contributed by atoms with Crippen LogP contribution in [0, 0.1) is 6.92 Å². The van der Waals surface area contributed by atoms with Crippen molar-refractivity contribution < 1.29 is 0 Å². The van der Waals surface area contributed by atoms with E-state index in [2.05, 4.69) is 67.1 Å². The van der Waals surface area contributed by atoms with E-state index < -0.39 is 0 Å². The van der Waals surface area contributed by atoms with Gasteiger partial charge in [-0.3, -0.25) is 0 Å². The highest BCUT2D eigenvalue weighted by Crippen LogP contribution is 2.28. The van der Waals surface area contributed by atoms with Crippen molar-refractivity contribution in [3.05, 3.63) is 33.8 Å². The predicted octanol–water partition coefficient (Wildman–Crippen LogP) is 3.75. The lowest BCUT2D eigenvalue weighted by Crippen LogP contribution is -2.34. The molecular weight excluding hydrogens is 300 g/mol. The van der Waals surface area contributed by atoms with E-state index in [1.807, 2.05) is 0 Å². The Labute approximate surface area is 126 Å². The monoisotopic (exact) mass is 326 g/mol. The summed E-state index contributed by atoms with van der Waals surface area (Å²) < 4.78 is 1.15. The van der Waals surface area contributed by atoms with Crippen molar-refractivity contribution >= 4 is 15.9 Å². The largest absolute Gasteiger partial charge is 0.328 e. The summed E-state index contributed by atoms with van der Waals surface area (Å²) in [4.78, 5) is 0. The van der Waals surface area contributed by atoms with Gasteiger partial charge in [0.1, 0.15) is 0 Å². The molecule has 19 heavy (non-hydrogen) atoms. The molecule has 1 unspecified atom stereocenters. The molecule has 1 aromatic rings. The summed E-state index contributed by atoms with van der Waals surface area (Å²) in [7, 11) is 0. The molecule has 0 aliphatic rings. The number of rotatable bonds is 7. The Kier molecular flexibility index (Phi) is 6.51. The Hall–Kier alpha value is -0.380. The number of aryl methyl sites for hydroxylation is 1. The molecular formula is C16H27BrN2. The first kappa shape index (κ1) is 16.7. The molecule has 1 rings (SSSR count). The third-order valence-corrected chi connectivity index (χ3v) is 4.00. The van der Waals surface area contributed by atoms with Crippen LogP contribution in [0.1, 0.15) is 44.7 Å². The van der Waals surface area contributed by atoms with Gasteiger partial charge in [0.25, 0.3) is 0 Å². The van der Waals surface area contributed by atoms with Gasteiger partial charge in [-0.15, -0.1) is 0 Å². The van der Waals surface area contributed by atoms with E-state index in [1.165, 1.54) is 11.1 Å². The average Bonchev–Trinajstić information content (AvgIpc) is 2.31. The lowest BCUT2D eigenvalue weighted by Gasteiger charge is -2.28. The van der Waals surface area contributed by atoms with Gasteiger partial charge in [0.15, 0.2) is 0 Å². The third kappa shape index (κ3) is 5.64. The van der Waals surface area contributed by atoms with Crippen LogP contribution in [0.4, 0.5) is 0 Å². The van der Waals surface area contributed by atoms with Gasteiger partial charge < -0.3 is 11.1 Å². The smallest absolute Gasteiger partial charge is 0.0178 e. The van der Waals surface area contributed by atoms with Crippen LogP contribution in [0.5, 0.6) is 0 Å². The van der Waals surface area contributed by atoms with Gasteiger partial charge in [-0.25, -0.2) is 0 Å². The molecule has 3 heteroatoms. The zero-order valence-corrected chi connectivity index (χ0v) is 14.2. The van der Waals surface area contributed by atoms with Gasteiger partial charge in [-0.05, 0) is 56.5 Å². The molecule has 0 fully saturated rings. The number of hydrogen-bond acceptors (Lipinski definition) is 2. The number of hydrogen-bond donors (Lipinski definition) is 2. The van der Waals surface area contributed by atoms with Crippen LogP contribution in [0.3, 0.4) is 0 Å². The molecule has 108 valence electrons. The van der Waals surface area contributed by atoms with Gasteiger partial charge in [-0.2, -0.15) is 0 Å². The number of benzene rings is 1. The summed E-state index contributed by atoms with van der Waals surface area (Å²) in [6.45, 7) is 10.9. The highest BCUT2D eigenvalue weighted by Gasteiger charge is 2.22. The third-order valence-electron chi connectivity index (χ3n) is 3.51. The van der Waals surface area contributed by atoms with E-state index >= 15 is 0 Å². The summed E-state index contributed by atoms with van der Waals surface area (Å²) in [5, 5.41) is 3.56. The maximum Gasteiger partial charge on any atom is 0.0178 e. The van der Waals surface area contributed by atoms with Crippen molar-refractivity contribution in [3.8, 4) is 0 Å². The molecule has 0 bridgehead atoms. The van der Waals surface area contributed by atoms with Gasteiger partial charge in [-0.1, -0.05) is 35.8 Å². The average molecular weight is 327 g/mol. The van der Waals surface area contributed by atoms with E-state index in [0.29, 0.717) is 6.04 Å². The number of halogens is 1. The zero-order chi connectivity index (χ0) is 14.5. The van der Waals surface area contributed by atoms with E-state index in [4.69, 9.17) is 5.73 Å². The van der Waals surface area contributed by atoms with E-state index in [0.717, 1.165) is 30.4 Å². The topological polar surface area (TPSA) is 38.0 Å². The van der Waals surface area contributed by atoms with Gasteiger partial charge in [0.2, 0.25) is 0 Å². The van der Waals surface area contributed by atoms with Gasteiger partial charge in [0.05, 0.1) is 0 Å². The second-order valence-corrected chi connectivity index (χ2v) is 7.06. The fraction of sp³-hybridized carbons (Fsp3) is 0.625. The van der Waals surface area contributed by atoms with Crippen molar-refractivity contribution in [1.29, 1.82) is 0 Å². The standard InChI is InChI=1S/C16H27BrN2/c1-12-7-8-14(17)10-15(12)16(3,4)11-19-9-5-6-13(2)18/h7-8,10,13,19H,5-6,9,11,18H2,1-4H3. The minimum absolute atomic E-state index is 0.141. The SMILES string of the molecule is Cc1ccc(Br)cc1C(C)(C)CNCCCC(C)N. The number of nitrogens with two attached hydrogens (primary N) is 1. The quantitative estimate of drug-likeness (QED) is 0.749. The van der Waals surface area contributed by atoms with Crippen LogP contribution < -0.4 is 11.1 Å². The molecule has 1 atom stereocenters. The van der Waals surface area contributed by atoms with Crippen molar-refractivity contribution in [2.24, 2.45) is 5.73 Å². The fourth-order valence-electron chi connectivity index (χ4n) is 2.37. The van der Waals surface area contributed by atoms with Crippen LogP contribution >= 0.6 is 15.9 Å². The van der Waals surface area contributed by atoms with E-state index in [-0.39, 0.29) is 5.41 Å². The van der Waals surface area contributed by atoms with Crippen molar-refractivity contribution in [2.75, 3.05) is 13.1 Å². The Morgan fingerprint density at radius 2 is 2.05 bits per heavy atom. The molecule has 0 heterocycles. The van der Waals surface area contributed by atoms with E-state index in [9.17, 15) is 0 Å². The molecule has 3 N–H and O–H groups in total. The summed E-state index contributed by atoms with van der Waals surface area (Å²) in [6.07, 6.45) is 2.23. The van der Waals surface area contributed by atoms with Crippen LogP contribution in [0.15, 0.2) is 22.7 Å². The Bertz CT molecular complexity index is 400. The lowest BCUT2D eigenvalue weighted by molar-refractivity contribution is 0.457. The first-order chi connectivity index (χ1) is 8.83. The van der Waals surface area contributed by atoms with Gasteiger partial charge >= 0.3 is 0 Å². The molecule has 1 aromatic carbocycles. The van der Waals surface area contributed by atoms with Crippen LogP contribution in [-0.4, -0.2) is 19.1 Å². The van der Waals surface area contributed by atoms with Crippen LogP contribution in [-0.2, 0) is 5.41 Å². The minimum Gasteiger partial charge on any atom is -0.328 e. The van der Waals surface area contributed by atoms with Crippen molar-refractivity contribution in [2.45, 2.75) is 52.0 Å². The Morgan fingerprint density at radius 1 is 1.37 bits per heavy atom. The molecule has 0 spiro atoms. The molecule has 0 saturated heterocycles. The molecule has 0 aliphatic carbocycles. The zero-order valence-electron chi connectivity index (χ0n) is 12.6. The Morgan fingerprint density at radius 3 is 2.68 bits per heavy atom. The predicted molar refractivity (Wildman–Crippen MR) is 87.7 cm³/mol. The second-order valence-electron chi connectivity index (χ2n) is 6.14. The Balaban J connectivity index is 2.53. The molecule has 0 amide bonds. The molecule has 2 nitrogen and oxygen atoms in total. The van der Waals surface area contributed by atoms with Crippen LogP contribution in [0.25, 0.3) is 0 Å². The first-order valence-electron chi connectivity index (χ1n) is 7.06. The maximum atomic E-state index is 5.76.